The SMILES string of the molecule is CCc1ccccc1S(=O)(=O)N(CCN1CCCCC1)C1CCNC1.Cl. The Morgan fingerprint density at radius 2 is 1.92 bits per heavy atom. The van der Waals surface area contributed by atoms with Crippen molar-refractivity contribution in [1.29, 1.82) is 0 Å². The second-order valence-corrected chi connectivity index (χ2v) is 8.98. The van der Waals surface area contributed by atoms with Crippen LogP contribution in [0.5, 0.6) is 0 Å². The van der Waals surface area contributed by atoms with Crippen molar-refractivity contribution in [1.82, 2.24) is 14.5 Å². The molecule has 0 bridgehead atoms. The van der Waals surface area contributed by atoms with Crippen LogP contribution in [0.2, 0.25) is 0 Å². The summed E-state index contributed by atoms with van der Waals surface area (Å²) in [6.07, 6.45) is 5.40. The smallest absolute Gasteiger partial charge is 0.243 e. The zero-order chi connectivity index (χ0) is 17.7. The van der Waals surface area contributed by atoms with Gasteiger partial charge >= 0.3 is 0 Å². The molecule has 2 aliphatic heterocycles. The fourth-order valence-electron chi connectivity index (χ4n) is 3.98. The number of rotatable bonds is 7. The molecule has 2 heterocycles. The van der Waals surface area contributed by atoms with Gasteiger partial charge in [-0.05, 0) is 56.9 Å². The van der Waals surface area contributed by atoms with E-state index < -0.39 is 10.0 Å². The third kappa shape index (κ3) is 4.98. The van der Waals surface area contributed by atoms with Gasteiger partial charge in [-0.15, -0.1) is 12.4 Å². The second kappa shape index (κ2) is 10.0. The molecule has 2 aliphatic rings. The molecule has 1 atom stereocenters. The predicted octanol–water partition coefficient (Wildman–Crippen LogP) is 2.51. The molecule has 1 N–H and O–H groups in total. The standard InChI is InChI=1S/C19H31N3O2S.ClH/c1-2-17-8-4-5-9-19(17)25(23,24)22(18-10-11-20-16-18)15-14-21-12-6-3-7-13-21;/h4-5,8-9,18,20H,2-3,6-7,10-16H2,1H3;1H. The molecular formula is C19H32ClN3O2S. The number of hydrogen-bond acceptors (Lipinski definition) is 4. The molecule has 0 spiro atoms. The lowest BCUT2D eigenvalue weighted by molar-refractivity contribution is 0.202. The van der Waals surface area contributed by atoms with E-state index >= 15 is 0 Å². The molecule has 0 amide bonds. The van der Waals surface area contributed by atoms with Gasteiger partial charge in [0.05, 0.1) is 4.90 Å². The van der Waals surface area contributed by atoms with Crippen LogP contribution in [0.25, 0.3) is 0 Å². The van der Waals surface area contributed by atoms with E-state index in [9.17, 15) is 8.42 Å². The van der Waals surface area contributed by atoms with Gasteiger partial charge in [0.25, 0.3) is 0 Å². The fourth-order valence-corrected chi connectivity index (χ4v) is 5.92. The topological polar surface area (TPSA) is 52.7 Å². The largest absolute Gasteiger partial charge is 0.315 e. The van der Waals surface area contributed by atoms with Crippen LogP contribution >= 0.6 is 12.4 Å². The monoisotopic (exact) mass is 401 g/mol. The first-order chi connectivity index (χ1) is 12.1. The summed E-state index contributed by atoms with van der Waals surface area (Å²) in [6.45, 7) is 7.30. The summed E-state index contributed by atoms with van der Waals surface area (Å²) in [6, 6.07) is 7.53. The zero-order valence-corrected chi connectivity index (χ0v) is 17.3. The van der Waals surface area contributed by atoms with Crippen LogP contribution in [0.4, 0.5) is 0 Å². The maximum absolute atomic E-state index is 13.5. The molecule has 2 saturated heterocycles. The lowest BCUT2D eigenvalue weighted by atomic mass is 10.1. The van der Waals surface area contributed by atoms with Gasteiger partial charge in [-0.25, -0.2) is 8.42 Å². The molecule has 1 unspecified atom stereocenters. The van der Waals surface area contributed by atoms with E-state index in [4.69, 9.17) is 0 Å². The summed E-state index contributed by atoms with van der Waals surface area (Å²) in [7, 11) is -3.46. The first kappa shape index (κ1) is 21.6. The summed E-state index contributed by atoms with van der Waals surface area (Å²) in [5.74, 6) is 0. The van der Waals surface area contributed by atoms with Crippen molar-refractivity contribution >= 4 is 22.4 Å². The highest BCUT2D eigenvalue weighted by atomic mass is 35.5. The third-order valence-corrected chi connectivity index (χ3v) is 7.52. The fraction of sp³-hybridized carbons (Fsp3) is 0.684. The van der Waals surface area contributed by atoms with Crippen LogP contribution in [-0.2, 0) is 16.4 Å². The van der Waals surface area contributed by atoms with Crippen molar-refractivity contribution in [3.63, 3.8) is 0 Å². The molecule has 1 aromatic rings. The van der Waals surface area contributed by atoms with E-state index in [-0.39, 0.29) is 18.4 Å². The first-order valence-electron chi connectivity index (χ1n) is 9.65. The van der Waals surface area contributed by atoms with E-state index in [2.05, 4.69) is 10.2 Å². The Labute approximate surface area is 164 Å². The minimum absolute atomic E-state index is 0. The average Bonchev–Trinajstić information content (AvgIpc) is 3.17. The molecule has 5 nitrogen and oxygen atoms in total. The predicted molar refractivity (Wildman–Crippen MR) is 109 cm³/mol. The second-order valence-electron chi connectivity index (χ2n) is 7.13. The highest BCUT2D eigenvalue weighted by molar-refractivity contribution is 7.89. The molecule has 0 saturated carbocycles. The number of benzene rings is 1. The van der Waals surface area contributed by atoms with E-state index in [1.54, 1.807) is 10.4 Å². The number of nitrogens with one attached hydrogen (secondary N) is 1. The summed E-state index contributed by atoms with van der Waals surface area (Å²) in [5.41, 5.74) is 0.913. The van der Waals surface area contributed by atoms with Crippen LogP contribution in [0.15, 0.2) is 29.2 Å². The number of nitrogens with zero attached hydrogens (tertiary/aromatic N) is 2. The summed E-state index contributed by atoms with van der Waals surface area (Å²) < 4.78 is 28.7. The minimum atomic E-state index is -3.46. The van der Waals surface area contributed by atoms with Gasteiger partial charge < -0.3 is 10.2 Å². The maximum atomic E-state index is 13.5. The minimum Gasteiger partial charge on any atom is -0.315 e. The molecule has 0 radical (unpaired) electrons. The van der Waals surface area contributed by atoms with Gasteiger partial charge in [-0.1, -0.05) is 31.5 Å². The van der Waals surface area contributed by atoms with Crippen molar-refractivity contribution in [2.75, 3.05) is 39.3 Å². The van der Waals surface area contributed by atoms with Crippen molar-refractivity contribution in [2.24, 2.45) is 0 Å². The first-order valence-corrected chi connectivity index (χ1v) is 11.1. The van der Waals surface area contributed by atoms with Crippen LogP contribution in [0.3, 0.4) is 0 Å². The van der Waals surface area contributed by atoms with Gasteiger partial charge in [0.1, 0.15) is 0 Å². The molecule has 3 rings (SSSR count). The van der Waals surface area contributed by atoms with E-state index in [0.717, 1.165) is 51.1 Å². The van der Waals surface area contributed by atoms with Crippen molar-refractivity contribution in [3.05, 3.63) is 29.8 Å². The molecule has 0 aliphatic carbocycles. The lowest BCUT2D eigenvalue weighted by Crippen LogP contribution is -2.46. The summed E-state index contributed by atoms with van der Waals surface area (Å²) in [5, 5.41) is 3.32. The van der Waals surface area contributed by atoms with Gasteiger partial charge in [-0.2, -0.15) is 4.31 Å². The molecule has 1 aromatic carbocycles. The third-order valence-electron chi connectivity index (χ3n) is 5.47. The summed E-state index contributed by atoms with van der Waals surface area (Å²) in [4.78, 5) is 2.91. The Kier molecular flexibility index (Phi) is 8.36. The average molecular weight is 402 g/mol. The molecule has 26 heavy (non-hydrogen) atoms. The van der Waals surface area contributed by atoms with Crippen LogP contribution in [0.1, 0.15) is 38.2 Å². The zero-order valence-electron chi connectivity index (χ0n) is 15.7. The molecule has 2 fully saturated rings. The van der Waals surface area contributed by atoms with Crippen LogP contribution < -0.4 is 5.32 Å². The molecular weight excluding hydrogens is 370 g/mol. The summed E-state index contributed by atoms with van der Waals surface area (Å²) >= 11 is 0. The van der Waals surface area contributed by atoms with E-state index in [0.29, 0.717) is 11.4 Å². The van der Waals surface area contributed by atoms with E-state index in [1.165, 1.54) is 19.3 Å². The number of hydrogen-bond donors (Lipinski definition) is 1. The normalized spacial score (nSPS) is 21.7. The number of halogens is 1. The van der Waals surface area contributed by atoms with Crippen LogP contribution in [0, 0.1) is 0 Å². The van der Waals surface area contributed by atoms with Gasteiger partial charge in [-0.3, -0.25) is 0 Å². The lowest BCUT2D eigenvalue weighted by Gasteiger charge is -2.32. The molecule has 148 valence electrons. The number of aryl methyl sites for hydroxylation is 1. The Balaban J connectivity index is 0.00000243. The molecule has 0 aromatic heterocycles. The van der Waals surface area contributed by atoms with Gasteiger partial charge in [0, 0.05) is 25.7 Å². The Hall–Kier alpha value is -0.660. The highest BCUT2D eigenvalue weighted by Crippen LogP contribution is 2.24. The van der Waals surface area contributed by atoms with Gasteiger partial charge in [0.2, 0.25) is 10.0 Å². The maximum Gasteiger partial charge on any atom is 0.243 e. The quantitative estimate of drug-likeness (QED) is 0.762. The van der Waals surface area contributed by atoms with Crippen molar-refractivity contribution in [3.8, 4) is 0 Å². The van der Waals surface area contributed by atoms with E-state index in [1.807, 2.05) is 25.1 Å². The Morgan fingerprint density at radius 1 is 1.19 bits per heavy atom. The Morgan fingerprint density at radius 3 is 2.58 bits per heavy atom. The number of sulfonamides is 1. The van der Waals surface area contributed by atoms with Crippen molar-refractivity contribution < 1.29 is 8.42 Å². The highest BCUT2D eigenvalue weighted by Gasteiger charge is 2.34. The van der Waals surface area contributed by atoms with Gasteiger partial charge in [0.15, 0.2) is 0 Å². The number of likely N-dealkylation sites (tertiary alicyclic amines) is 1. The van der Waals surface area contributed by atoms with Crippen molar-refractivity contribution in [2.45, 2.75) is 50.0 Å². The Bertz CT molecular complexity index is 657. The number of piperidine rings is 1. The van der Waals surface area contributed by atoms with Crippen LogP contribution in [-0.4, -0.2) is 62.9 Å². The molecule has 7 heteroatoms.